The molecule has 0 radical (unpaired) electrons. The zero-order valence-electron chi connectivity index (χ0n) is 10.5. The van der Waals surface area contributed by atoms with Gasteiger partial charge in [-0.15, -0.1) is 0 Å². The number of aryl methyl sites for hydroxylation is 1. The lowest BCUT2D eigenvalue weighted by Crippen LogP contribution is -2.24. The molecule has 0 fully saturated rings. The number of furan rings is 1. The van der Waals surface area contributed by atoms with Crippen LogP contribution < -0.4 is 5.69 Å². The first-order valence-corrected chi connectivity index (χ1v) is 6.03. The molecule has 3 rings (SSSR count). The third-order valence-corrected chi connectivity index (χ3v) is 3.16. The van der Waals surface area contributed by atoms with Crippen molar-refractivity contribution in [2.75, 3.05) is 0 Å². The molecule has 1 unspecified atom stereocenters. The van der Waals surface area contributed by atoms with Crippen LogP contribution in [0.25, 0.3) is 11.0 Å². The molecule has 0 aliphatic heterocycles. The standard InChI is InChI=1S/C14H14N2O3/c1-15-6-7-16(14(15)18)9-11(17)13-8-10-4-2-3-5-12(10)19-13/h2-8,11,17H,9H2,1H3. The summed E-state index contributed by atoms with van der Waals surface area (Å²) in [5.41, 5.74) is 0.576. The average molecular weight is 258 g/mol. The SMILES string of the molecule is Cn1ccn(CC(O)c2cc3ccccc3o2)c1=O. The molecule has 5 nitrogen and oxygen atoms in total. The molecule has 2 aromatic heterocycles. The van der Waals surface area contributed by atoms with E-state index in [0.29, 0.717) is 5.76 Å². The maximum Gasteiger partial charge on any atom is 0.327 e. The van der Waals surface area contributed by atoms with Gasteiger partial charge in [-0.3, -0.25) is 4.57 Å². The molecule has 0 spiro atoms. The maximum atomic E-state index is 11.7. The van der Waals surface area contributed by atoms with Crippen LogP contribution in [-0.4, -0.2) is 14.2 Å². The van der Waals surface area contributed by atoms with Crippen molar-refractivity contribution in [1.29, 1.82) is 0 Å². The van der Waals surface area contributed by atoms with Gasteiger partial charge in [-0.2, -0.15) is 0 Å². The van der Waals surface area contributed by atoms with Gasteiger partial charge in [-0.1, -0.05) is 18.2 Å². The Morgan fingerprint density at radius 3 is 2.79 bits per heavy atom. The lowest BCUT2D eigenvalue weighted by atomic mass is 10.2. The van der Waals surface area contributed by atoms with Crippen molar-refractivity contribution in [3.05, 3.63) is 59.0 Å². The number of aliphatic hydroxyl groups excluding tert-OH is 1. The average Bonchev–Trinajstić information content (AvgIpc) is 2.97. The van der Waals surface area contributed by atoms with Crippen molar-refractivity contribution in [3.63, 3.8) is 0 Å². The number of hydrogen-bond acceptors (Lipinski definition) is 3. The highest BCUT2D eigenvalue weighted by Crippen LogP contribution is 2.24. The molecule has 1 aromatic carbocycles. The van der Waals surface area contributed by atoms with E-state index >= 15 is 0 Å². The Hall–Kier alpha value is -2.27. The van der Waals surface area contributed by atoms with Gasteiger partial charge in [-0.05, 0) is 12.1 Å². The van der Waals surface area contributed by atoms with Gasteiger partial charge in [-0.25, -0.2) is 4.79 Å². The summed E-state index contributed by atoms with van der Waals surface area (Å²) in [6.45, 7) is 0.180. The molecule has 1 atom stereocenters. The van der Waals surface area contributed by atoms with Crippen LogP contribution in [0.4, 0.5) is 0 Å². The smallest absolute Gasteiger partial charge is 0.327 e. The monoisotopic (exact) mass is 258 g/mol. The highest BCUT2D eigenvalue weighted by Gasteiger charge is 2.15. The van der Waals surface area contributed by atoms with Gasteiger partial charge in [0.25, 0.3) is 0 Å². The van der Waals surface area contributed by atoms with Crippen LogP contribution in [0.15, 0.2) is 51.9 Å². The summed E-state index contributed by atoms with van der Waals surface area (Å²) in [7, 11) is 1.67. The Kier molecular flexibility index (Phi) is 2.76. The Morgan fingerprint density at radius 1 is 1.32 bits per heavy atom. The molecular formula is C14H14N2O3. The zero-order valence-corrected chi connectivity index (χ0v) is 10.5. The molecule has 0 saturated heterocycles. The topological polar surface area (TPSA) is 60.3 Å². The highest BCUT2D eigenvalue weighted by molar-refractivity contribution is 5.77. The van der Waals surface area contributed by atoms with Crippen LogP contribution >= 0.6 is 0 Å². The van der Waals surface area contributed by atoms with E-state index in [1.54, 1.807) is 25.5 Å². The van der Waals surface area contributed by atoms with Crippen molar-refractivity contribution in [2.24, 2.45) is 7.05 Å². The fraction of sp³-hybridized carbons (Fsp3) is 0.214. The Morgan fingerprint density at radius 2 is 2.11 bits per heavy atom. The second kappa shape index (κ2) is 4.44. The lowest BCUT2D eigenvalue weighted by molar-refractivity contribution is 0.131. The summed E-state index contributed by atoms with van der Waals surface area (Å²) in [6.07, 6.45) is 2.47. The Labute approximate surface area is 109 Å². The van der Waals surface area contributed by atoms with Crippen molar-refractivity contribution in [3.8, 4) is 0 Å². The van der Waals surface area contributed by atoms with E-state index in [4.69, 9.17) is 4.42 Å². The summed E-state index contributed by atoms with van der Waals surface area (Å²) in [5, 5.41) is 11.1. The number of aromatic nitrogens is 2. The molecule has 98 valence electrons. The van der Waals surface area contributed by atoms with Gasteiger partial charge in [0, 0.05) is 24.8 Å². The van der Waals surface area contributed by atoms with Crippen molar-refractivity contribution >= 4 is 11.0 Å². The number of imidazole rings is 1. The number of hydrogen-bond donors (Lipinski definition) is 1. The molecule has 3 aromatic rings. The van der Waals surface area contributed by atoms with E-state index in [-0.39, 0.29) is 12.2 Å². The third kappa shape index (κ3) is 2.08. The van der Waals surface area contributed by atoms with Crippen LogP contribution in [0.2, 0.25) is 0 Å². The minimum Gasteiger partial charge on any atom is -0.458 e. The van der Waals surface area contributed by atoms with Crippen molar-refractivity contribution in [1.82, 2.24) is 9.13 Å². The first-order valence-electron chi connectivity index (χ1n) is 6.03. The van der Waals surface area contributed by atoms with E-state index in [9.17, 15) is 9.90 Å². The number of benzene rings is 1. The molecule has 1 N–H and O–H groups in total. The van der Waals surface area contributed by atoms with Crippen LogP contribution in [0, 0.1) is 0 Å². The molecule has 0 amide bonds. The second-order valence-electron chi connectivity index (χ2n) is 4.55. The quantitative estimate of drug-likeness (QED) is 0.777. The van der Waals surface area contributed by atoms with Crippen LogP contribution in [0.3, 0.4) is 0 Å². The molecule has 0 saturated carbocycles. The van der Waals surface area contributed by atoms with Crippen molar-refractivity contribution in [2.45, 2.75) is 12.6 Å². The minimum absolute atomic E-state index is 0.157. The van der Waals surface area contributed by atoms with E-state index in [2.05, 4.69) is 0 Å². The fourth-order valence-electron chi connectivity index (χ4n) is 2.09. The molecule has 5 heteroatoms. The molecule has 2 heterocycles. The normalized spacial score (nSPS) is 12.9. The van der Waals surface area contributed by atoms with Gasteiger partial charge in [0.05, 0.1) is 6.54 Å². The Bertz CT molecular complexity index is 733. The summed E-state index contributed by atoms with van der Waals surface area (Å²) in [4.78, 5) is 11.7. The van der Waals surface area contributed by atoms with Crippen LogP contribution in [0.5, 0.6) is 0 Å². The first-order chi connectivity index (χ1) is 9.15. The maximum absolute atomic E-state index is 11.7. The van der Waals surface area contributed by atoms with Gasteiger partial charge >= 0.3 is 5.69 Å². The zero-order chi connectivity index (χ0) is 13.4. The summed E-state index contributed by atoms with van der Waals surface area (Å²) >= 11 is 0. The minimum atomic E-state index is -0.840. The largest absolute Gasteiger partial charge is 0.458 e. The predicted octanol–water partition coefficient (Wildman–Crippen LogP) is 1.67. The number of nitrogens with zero attached hydrogens (tertiary/aromatic N) is 2. The molecule has 0 aliphatic rings. The number of aliphatic hydroxyl groups is 1. The number of fused-ring (bicyclic) bond motifs is 1. The van der Waals surface area contributed by atoms with Gasteiger partial charge < -0.3 is 14.1 Å². The molecule has 0 bridgehead atoms. The molecule has 19 heavy (non-hydrogen) atoms. The summed E-state index contributed by atoms with van der Waals surface area (Å²) < 4.78 is 8.50. The highest BCUT2D eigenvalue weighted by atomic mass is 16.4. The number of para-hydroxylation sites is 1. The molecule has 0 aliphatic carbocycles. The fourth-order valence-corrected chi connectivity index (χ4v) is 2.09. The summed E-state index contributed by atoms with van der Waals surface area (Å²) in [5.74, 6) is 0.469. The lowest BCUT2D eigenvalue weighted by Gasteiger charge is -2.07. The van der Waals surface area contributed by atoms with E-state index in [0.717, 1.165) is 11.0 Å². The first kappa shape index (κ1) is 11.8. The molecular weight excluding hydrogens is 244 g/mol. The Balaban J connectivity index is 1.89. The van der Waals surface area contributed by atoms with E-state index in [1.165, 1.54) is 9.13 Å². The summed E-state index contributed by atoms with van der Waals surface area (Å²) in [6, 6.07) is 9.36. The van der Waals surface area contributed by atoms with Crippen molar-refractivity contribution < 1.29 is 9.52 Å². The van der Waals surface area contributed by atoms with Gasteiger partial charge in [0.2, 0.25) is 0 Å². The second-order valence-corrected chi connectivity index (χ2v) is 4.55. The van der Waals surface area contributed by atoms with Crippen LogP contribution in [-0.2, 0) is 13.6 Å². The third-order valence-electron chi connectivity index (χ3n) is 3.16. The number of rotatable bonds is 3. The van der Waals surface area contributed by atoms with E-state index < -0.39 is 6.10 Å². The predicted molar refractivity (Wildman–Crippen MR) is 70.8 cm³/mol. The van der Waals surface area contributed by atoms with E-state index in [1.807, 2.05) is 24.3 Å². The van der Waals surface area contributed by atoms with Crippen LogP contribution in [0.1, 0.15) is 11.9 Å². The van der Waals surface area contributed by atoms with Gasteiger partial charge in [0.15, 0.2) is 0 Å². The van der Waals surface area contributed by atoms with Gasteiger partial charge in [0.1, 0.15) is 17.4 Å².